The number of hydrogen-bond donors (Lipinski definition) is 0. The lowest BCUT2D eigenvalue weighted by Crippen LogP contribution is -1.99. The van der Waals surface area contributed by atoms with Crippen LogP contribution in [-0.2, 0) is 0 Å². The zero-order chi connectivity index (χ0) is 10.1. The lowest BCUT2D eigenvalue weighted by Gasteiger charge is -2.01. The number of nitrogens with zero attached hydrogens (tertiary/aromatic N) is 3. The Hall–Kier alpha value is -0.750. The monoisotopic (exact) mass is 319 g/mol. The van der Waals surface area contributed by atoms with Gasteiger partial charge >= 0.3 is 0 Å². The van der Waals surface area contributed by atoms with Crippen LogP contribution in [0.25, 0.3) is 5.69 Å². The summed E-state index contributed by atoms with van der Waals surface area (Å²) < 4.78 is 15.6. The SMILES string of the molecule is Fc1ccccc1-n1nc(Br)nc1Br. The highest BCUT2D eigenvalue weighted by Crippen LogP contribution is 2.19. The molecular formula is C8H4Br2FN3. The molecule has 72 valence electrons. The standard InChI is InChI=1S/C8H4Br2FN3/c9-7-12-8(10)14(13-7)6-4-2-1-3-5(6)11/h1-4H. The molecule has 0 fully saturated rings. The fraction of sp³-hybridized carbons (Fsp3) is 0. The number of benzene rings is 1. The molecule has 14 heavy (non-hydrogen) atoms. The second kappa shape index (κ2) is 3.78. The second-order valence-corrected chi connectivity index (χ2v) is 3.93. The molecule has 0 aliphatic heterocycles. The van der Waals surface area contributed by atoms with E-state index in [1.807, 2.05) is 0 Å². The van der Waals surface area contributed by atoms with Gasteiger partial charge in [0, 0.05) is 0 Å². The molecule has 0 saturated carbocycles. The minimum Gasteiger partial charge on any atom is -0.205 e. The Kier molecular flexibility index (Phi) is 2.64. The quantitative estimate of drug-likeness (QED) is 0.809. The van der Waals surface area contributed by atoms with E-state index in [4.69, 9.17) is 0 Å². The molecule has 6 heteroatoms. The summed E-state index contributed by atoms with van der Waals surface area (Å²) in [5.74, 6) is -0.342. The van der Waals surface area contributed by atoms with Gasteiger partial charge in [-0.25, -0.2) is 9.07 Å². The summed E-state index contributed by atoms with van der Waals surface area (Å²) in [6.07, 6.45) is 0. The minimum absolute atomic E-state index is 0.342. The Bertz CT molecular complexity index is 469. The molecule has 0 unspecified atom stereocenters. The van der Waals surface area contributed by atoms with Crippen molar-refractivity contribution >= 4 is 31.9 Å². The van der Waals surface area contributed by atoms with Crippen molar-refractivity contribution in [1.82, 2.24) is 14.8 Å². The van der Waals surface area contributed by atoms with Crippen LogP contribution >= 0.6 is 31.9 Å². The molecule has 0 saturated heterocycles. The number of aromatic nitrogens is 3. The topological polar surface area (TPSA) is 30.7 Å². The van der Waals surface area contributed by atoms with Crippen LogP contribution in [0.2, 0.25) is 0 Å². The zero-order valence-corrected chi connectivity index (χ0v) is 9.96. The van der Waals surface area contributed by atoms with Crippen LogP contribution in [0.5, 0.6) is 0 Å². The fourth-order valence-electron chi connectivity index (χ4n) is 1.05. The maximum Gasteiger partial charge on any atom is 0.218 e. The van der Waals surface area contributed by atoms with Gasteiger partial charge in [-0.1, -0.05) is 12.1 Å². The minimum atomic E-state index is -0.342. The van der Waals surface area contributed by atoms with Gasteiger partial charge < -0.3 is 0 Å². The molecule has 0 aliphatic carbocycles. The summed E-state index contributed by atoms with van der Waals surface area (Å²) in [7, 11) is 0. The molecule has 0 bridgehead atoms. The molecule has 0 amide bonds. The molecular weight excluding hydrogens is 317 g/mol. The molecule has 1 aromatic heterocycles. The Morgan fingerprint density at radius 1 is 1.21 bits per heavy atom. The lowest BCUT2D eigenvalue weighted by molar-refractivity contribution is 0.608. The van der Waals surface area contributed by atoms with Gasteiger partial charge in [0.2, 0.25) is 9.47 Å². The summed E-state index contributed by atoms with van der Waals surface area (Å²) in [5, 5.41) is 3.98. The van der Waals surface area contributed by atoms with Crippen molar-refractivity contribution in [2.75, 3.05) is 0 Å². The Labute approximate surface area is 96.2 Å². The average Bonchev–Trinajstić information content (AvgIpc) is 2.46. The molecule has 2 rings (SSSR count). The Morgan fingerprint density at radius 3 is 2.50 bits per heavy atom. The maximum absolute atomic E-state index is 13.3. The van der Waals surface area contributed by atoms with E-state index in [9.17, 15) is 4.39 Å². The maximum atomic E-state index is 13.3. The average molecular weight is 321 g/mol. The largest absolute Gasteiger partial charge is 0.218 e. The summed E-state index contributed by atoms with van der Waals surface area (Å²) in [4.78, 5) is 3.95. The molecule has 3 nitrogen and oxygen atoms in total. The number of para-hydroxylation sites is 1. The Balaban J connectivity index is 2.60. The van der Waals surface area contributed by atoms with Crippen LogP contribution in [0.15, 0.2) is 33.7 Å². The van der Waals surface area contributed by atoms with Crippen molar-refractivity contribution in [2.45, 2.75) is 0 Å². The van der Waals surface area contributed by atoms with Gasteiger partial charge in [0.15, 0.2) is 0 Å². The first-order valence-corrected chi connectivity index (χ1v) is 5.30. The van der Waals surface area contributed by atoms with Crippen LogP contribution in [0, 0.1) is 5.82 Å². The van der Waals surface area contributed by atoms with Crippen molar-refractivity contribution in [1.29, 1.82) is 0 Å². The van der Waals surface area contributed by atoms with Crippen LogP contribution < -0.4 is 0 Å². The van der Waals surface area contributed by atoms with Crippen molar-refractivity contribution < 1.29 is 4.39 Å². The number of rotatable bonds is 1. The van der Waals surface area contributed by atoms with E-state index in [-0.39, 0.29) is 5.82 Å². The van der Waals surface area contributed by atoms with E-state index in [0.29, 0.717) is 15.2 Å². The van der Waals surface area contributed by atoms with Gasteiger partial charge in [-0.3, -0.25) is 0 Å². The normalized spacial score (nSPS) is 10.5. The van der Waals surface area contributed by atoms with Gasteiger partial charge in [-0.15, -0.1) is 5.10 Å². The zero-order valence-electron chi connectivity index (χ0n) is 6.78. The predicted octanol–water partition coefficient (Wildman–Crippen LogP) is 2.93. The van der Waals surface area contributed by atoms with Gasteiger partial charge in [0.1, 0.15) is 11.5 Å². The third kappa shape index (κ3) is 1.72. The van der Waals surface area contributed by atoms with E-state index in [2.05, 4.69) is 41.9 Å². The van der Waals surface area contributed by atoms with Gasteiger partial charge in [0.25, 0.3) is 0 Å². The smallest absolute Gasteiger partial charge is 0.205 e. The molecule has 0 spiro atoms. The van der Waals surface area contributed by atoms with Crippen molar-refractivity contribution in [2.24, 2.45) is 0 Å². The van der Waals surface area contributed by atoms with Gasteiger partial charge in [-0.2, -0.15) is 4.98 Å². The number of hydrogen-bond acceptors (Lipinski definition) is 2. The molecule has 0 N–H and O–H groups in total. The third-order valence-electron chi connectivity index (χ3n) is 1.62. The molecule has 0 atom stereocenters. The van der Waals surface area contributed by atoms with E-state index in [1.165, 1.54) is 10.7 Å². The molecule has 1 aromatic carbocycles. The molecule has 2 aromatic rings. The van der Waals surface area contributed by atoms with Crippen molar-refractivity contribution in [3.8, 4) is 5.69 Å². The van der Waals surface area contributed by atoms with Crippen molar-refractivity contribution in [3.63, 3.8) is 0 Å². The fourth-order valence-corrected chi connectivity index (χ4v) is 2.05. The highest BCUT2D eigenvalue weighted by Gasteiger charge is 2.10. The first-order valence-electron chi connectivity index (χ1n) is 3.71. The molecule has 0 radical (unpaired) electrons. The molecule has 0 aliphatic rings. The first kappa shape index (κ1) is 9.79. The lowest BCUT2D eigenvalue weighted by atomic mass is 10.3. The predicted molar refractivity (Wildman–Crippen MR) is 56.7 cm³/mol. The first-order chi connectivity index (χ1) is 6.68. The summed E-state index contributed by atoms with van der Waals surface area (Å²) in [6, 6.07) is 6.36. The van der Waals surface area contributed by atoms with E-state index < -0.39 is 0 Å². The summed E-state index contributed by atoms with van der Waals surface area (Å²) >= 11 is 6.29. The second-order valence-electron chi connectivity index (χ2n) is 2.51. The van der Waals surface area contributed by atoms with Gasteiger partial charge in [-0.05, 0) is 44.0 Å². The Morgan fingerprint density at radius 2 is 1.93 bits per heavy atom. The highest BCUT2D eigenvalue weighted by atomic mass is 79.9. The van der Waals surface area contributed by atoms with Gasteiger partial charge in [0.05, 0.1) is 0 Å². The van der Waals surface area contributed by atoms with E-state index in [0.717, 1.165) is 0 Å². The third-order valence-corrected chi connectivity index (χ3v) is 2.47. The highest BCUT2D eigenvalue weighted by molar-refractivity contribution is 9.11. The van der Waals surface area contributed by atoms with Crippen LogP contribution in [0.4, 0.5) is 4.39 Å². The van der Waals surface area contributed by atoms with E-state index in [1.54, 1.807) is 18.2 Å². The molecule has 1 heterocycles. The summed E-state index contributed by atoms with van der Waals surface area (Å²) in [5.41, 5.74) is 0.359. The van der Waals surface area contributed by atoms with E-state index >= 15 is 0 Å². The van der Waals surface area contributed by atoms with Crippen LogP contribution in [-0.4, -0.2) is 14.8 Å². The number of halogens is 3. The van der Waals surface area contributed by atoms with Crippen LogP contribution in [0.3, 0.4) is 0 Å². The van der Waals surface area contributed by atoms with Crippen molar-refractivity contribution in [3.05, 3.63) is 39.6 Å². The van der Waals surface area contributed by atoms with Crippen LogP contribution in [0.1, 0.15) is 0 Å². The summed E-state index contributed by atoms with van der Waals surface area (Å²) in [6.45, 7) is 0.